The highest BCUT2D eigenvalue weighted by Gasteiger charge is 2.24. The molecule has 0 aliphatic carbocycles. The molecule has 0 unspecified atom stereocenters. The molecule has 3 aromatic rings. The van der Waals surface area contributed by atoms with Gasteiger partial charge in [-0.1, -0.05) is 18.0 Å². The number of methoxy groups -OCH3 is 2. The van der Waals surface area contributed by atoms with Crippen LogP contribution in [0.4, 0.5) is 5.82 Å². The molecule has 148 valence electrons. The lowest BCUT2D eigenvalue weighted by molar-refractivity contribution is 0.391. The summed E-state index contributed by atoms with van der Waals surface area (Å²) >= 11 is 1.38. The summed E-state index contributed by atoms with van der Waals surface area (Å²) in [7, 11) is 3.18. The Morgan fingerprint density at radius 2 is 1.89 bits per heavy atom. The van der Waals surface area contributed by atoms with Gasteiger partial charge in [-0.15, -0.1) is 0 Å². The molecule has 0 aliphatic rings. The summed E-state index contributed by atoms with van der Waals surface area (Å²) in [6, 6.07) is 9.22. The van der Waals surface area contributed by atoms with Gasteiger partial charge in [0.2, 0.25) is 0 Å². The van der Waals surface area contributed by atoms with Crippen molar-refractivity contribution in [3.05, 3.63) is 47.6 Å². The molecule has 0 saturated heterocycles. The third kappa shape index (κ3) is 3.61. The van der Waals surface area contributed by atoms with Crippen molar-refractivity contribution in [2.24, 2.45) is 5.73 Å². The van der Waals surface area contributed by atoms with Gasteiger partial charge in [-0.25, -0.2) is 4.98 Å². The van der Waals surface area contributed by atoms with Gasteiger partial charge in [0.15, 0.2) is 17.4 Å². The molecule has 0 saturated carbocycles. The Kier molecular flexibility index (Phi) is 5.74. The number of anilines is 1. The number of nitrogen functional groups attached to an aromatic ring is 1. The first-order valence-corrected chi connectivity index (χ1v) is 9.65. The molecule has 0 spiro atoms. The van der Waals surface area contributed by atoms with Crippen LogP contribution in [-0.2, 0) is 0 Å². The number of ether oxygens (including phenoxy) is 2. The number of hydrogen-bond donors (Lipinski definition) is 3. The van der Waals surface area contributed by atoms with Gasteiger partial charge in [0.1, 0.15) is 28.8 Å². The van der Waals surface area contributed by atoms with E-state index in [1.807, 2.05) is 48.1 Å². The minimum absolute atomic E-state index is 0.294. The van der Waals surface area contributed by atoms with Crippen molar-refractivity contribution in [1.29, 1.82) is 0 Å². The van der Waals surface area contributed by atoms with Crippen molar-refractivity contribution in [2.45, 2.75) is 6.92 Å². The molecule has 0 atom stereocenters. The first-order valence-electron chi connectivity index (χ1n) is 8.42. The zero-order chi connectivity index (χ0) is 20.3. The highest BCUT2D eigenvalue weighted by Crippen LogP contribution is 2.39. The van der Waals surface area contributed by atoms with E-state index in [0.29, 0.717) is 46.1 Å². The molecule has 3 rings (SSSR count). The van der Waals surface area contributed by atoms with Crippen molar-refractivity contribution in [1.82, 2.24) is 14.3 Å². The van der Waals surface area contributed by atoms with E-state index in [0.717, 1.165) is 5.76 Å². The number of hydrogen-bond acceptors (Lipinski definition) is 8. The number of imidazole rings is 1. The van der Waals surface area contributed by atoms with Crippen LogP contribution < -0.4 is 25.7 Å². The van der Waals surface area contributed by atoms with Crippen LogP contribution in [-0.4, -0.2) is 30.0 Å². The van der Waals surface area contributed by atoms with E-state index in [1.165, 1.54) is 11.9 Å². The second-order valence-corrected chi connectivity index (χ2v) is 6.48. The van der Waals surface area contributed by atoms with Crippen LogP contribution in [0.3, 0.4) is 0 Å². The van der Waals surface area contributed by atoms with Crippen LogP contribution in [0.15, 0.2) is 40.6 Å². The minimum atomic E-state index is 0.294. The van der Waals surface area contributed by atoms with E-state index in [-0.39, 0.29) is 0 Å². The molecule has 1 aromatic carbocycles. The summed E-state index contributed by atoms with van der Waals surface area (Å²) in [6.07, 6.45) is 3.59. The number of aromatic nitrogens is 2. The summed E-state index contributed by atoms with van der Waals surface area (Å²) in [6.45, 7) is 1.87. The van der Waals surface area contributed by atoms with Gasteiger partial charge >= 0.3 is 0 Å². The van der Waals surface area contributed by atoms with Crippen molar-refractivity contribution >= 4 is 23.8 Å². The number of nitrogens with zero attached hydrogens (tertiary/aromatic N) is 2. The topological polar surface area (TPSA) is 113 Å². The molecule has 0 amide bonds. The maximum atomic E-state index is 6.26. The van der Waals surface area contributed by atoms with Gasteiger partial charge in [-0.2, -0.15) is 0 Å². The van der Waals surface area contributed by atoms with E-state index < -0.39 is 0 Å². The fourth-order valence-electron chi connectivity index (χ4n) is 2.88. The summed E-state index contributed by atoms with van der Waals surface area (Å²) in [4.78, 5) is 4.54. The Balaban J connectivity index is 2.36. The maximum absolute atomic E-state index is 6.26. The van der Waals surface area contributed by atoms with Crippen LogP contribution in [0.25, 0.3) is 23.3 Å². The lowest BCUT2D eigenvalue weighted by Crippen LogP contribution is -2.13. The first kappa shape index (κ1) is 19.6. The normalized spacial score (nSPS) is 11.5. The van der Waals surface area contributed by atoms with Crippen LogP contribution in [0.2, 0.25) is 0 Å². The molecular formula is C19H23N5O3S. The van der Waals surface area contributed by atoms with E-state index in [2.05, 4.69) is 9.71 Å². The monoisotopic (exact) mass is 401 g/mol. The van der Waals surface area contributed by atoms with E-state index in [1.54, 1.807) is 20.3 Å². The average Bonchev–Trinajstić information content (AvgIpc) is 3.25. The lowest BCUT2D eigenvalue weighted by Gasteiger charge is -2.17. The summed E-state index contributed by atoms with van der Waals surface area (Å²) in [5.41, 5.74) is 13.6. The van der Waals surface area contributed by atoms with Crippen molar-refractivity contribution < 1.29 is 13.9 Å². The van der Waals surface area contributed by atoms with Crippen molar-refractivity contribution in [3.63, 3.8) is 0 Å². The third-order valence-corrected chi connectivity index (χ3v) is 4.48. The van der Waals surface area contributed by atoms with Gasteiger partial charge < -0.3 is 30.1 Å². The average molecular weight is 401 g/mol. The molecular weight excluding hydrogens is 378 g/mol. The molecule has 2 heterocycles. The van der Waals surface area contributed by atoms with Gasteiger partial charge in [-0.3, -0.25) is 4.57 Å². The Bertz CT molecular complexity index is 987. The van der Waals surface area contributed by atoms with Gasteiger partial charge in [0.05, 0.1) is 19.9 Å². The lowest BCUT2D eigenvalue weighted by atomic mass is 10.2. The largest absolute Gasteiger partial charge is 0.494 e. The van der Waals surface area contributed by atoms with Gasteiger partial charge in [0, 0.05) is 12.3 Å². The van der Waals surface area contributed by atoms with Gasteiger partial charge in [-0.05, 0) is 31.2 Å². The van der Waals surface area contributed by atoms with Crippen molar-refractivity contribution in [2.75, 3.05) is 26.2 Å². The molecule has 5 N–H and O–H groups in total. The highest BCUT2D eigenvalue weighted by atomic mass is 32.2. The zero-order valence-electron chi connectivity index (χ0n) is 16.1. The predicted octanol–water partition coefficient (Wildman–Crippen LogP) is 3.16. The number of benzene rings is 1. The Labute approximate surface area is 167 Å². The molecule has 2 aromatic heterocycles. The summed E-state index contributed by atoms with van der Waals surface area (Å²) in [5.74, 6) is 3.74. The summed E-state index contributed by atoms with van der Waals surface area (Å²) < 4.78 is 21.8. The van der Waals surface area contributed by atoms with E-state index >= 15 is 0 Å². The van der Waals surface area contributed by atoms with Crippen LogP contribution in [0.1, 0.15) is 11.5 Å². The summed E-state index contributed by atoms with van der Waals surface area (Å²) in [5, 5.41) is 0. The second-order valence-electron chi connectivity index (χ2n) is 5.87. The quantitative estimate of drug-likeness (QED) is 0.517. The standard InChI is InChI=1S/C19H23N5O3S/c1-11-8-9-15(27-11)19-22-18(21)12(10-16(20)23-28-4)24(19)17-13(25-2)6-5-7-14(17)26-3/h5-10,23H,20-21H2,1-4H3/b16-10+. The third-order valence-electron chi connectivity index (χ3n) is 4.04. The van der Waals surface area contributed by atoms with Crippen LogP contribution in [0, 0.1) is 6.92 Å². The van der Waals surface area contributed by atoms with Crippen LogP contribution in [0.5, 0.6) is 11.5 Å². The Hall–Kier alpha value is -3.20. The highest BCUT2D eigenvalue weighted by molar-refractivity contribution is 7.96. The fraction of sp³-hybridized carbons (Fsp3) is 0.211. The van der Waals surface area contributed by atoms with Crippen molar-refractivity contribution in [3.8, 4) is 28.8 Å². The Morgan fingerprint density at radius 3 is 2.43 bits per heavy atom. The molecule has 28 heavy (non-hydrogen) atoms. The molecule has 0 fully saturated rings. The molecule has 0 radical (unpaired) electrons. The zero-order valence-corrected chi connectivity index (χ0v) is 17.0. The fourth-order valence-corrected chi connectivity index (χ4v) is 3.18. The SMILES string of the molecule is COc1cccc(OC)c1-n1c(-c2ccc(C)o2)nc(N)c1/C=C(\N)NSC. The van der Waals surface area contributed by atoms with E-state index in [9.17, 15) is 0 Å². The number of para-hydroxylation sites is 1. The molecule has 8 nitrogen and oxygen atoms in total. The minimum Gasteiger partial charge on any atom is -0.494 e. The van der Waals surface area contributed by atoms with Crippen LogP contribution >= 0.6 is 11.9 Å². The number of rotatable bonds is 7. The predicted molar refractivity (Wildman–Crippen MR) is 112 cm³/mol. The molecule has 0 aliphatic heterocycles. The second kappa shape index (κ2) is 8.22. The number of nitrogens with two attached hydrogens (primary N) is 2. The maximum Gasteiger partial charge on any atom is 0.183 e. The number of nitrogens with one attached hydrogen (secondary N) is 1. The Morgan fingerprint density at radius 1 is 1.21 bits per heavy atom. The number of aryl methyl sites for hydroxylation is 1. The molecule has 0 bridgehead atoms. The number of furan rings is 1. The smallest absolute Gasteiger partial charge is 0.183 e. The van der Waals surface area contributed by atoms with Gasteiger partial charge in [0.25, 0.3) is 0 Å². The first-order chi connectivity index (χ1) is 13.5. The molecule has 9 heteroatoms. The van der Waals surface area contributed by atoms with E-state index in [4.69, 9.17) is 25.4 Å².